The second kappa shape index (κ2) is 8.38. The van der Waals surface area contributed by atoms with Crippen molar-refractivity contribution in [3.8, 4) is 0 Å². The highest BCUT2D eigenvalue weighted by molar-refractivity contribution is 5.73. The standard InChI is InChI=1S/C20H24O2/c1-3-8-16-11-7-12-18(13-16)15-19(20(21)22-2)14-17-9-5-4-6-10-17/h4-7,9-13,19H,3,8,14-15H2,1-2H3. The highest BCUT2D eigenvalue weighted by Gasteiger charge is 2.20. The minimum Gasteiger partial charge on any atom is -0.469 e. The molecule has 0 aliphatic carbocycles. The van der Waals surface area contributed by atoms with Crippen LogP contribution in [-0.4, -0.2) is 13.1 Å². The third kappa shape index (κ3) is 4.73. The van der Waals surface area contributed by atoms with E-state index in [1.54, 1.807) is 0 Å². The minimum atomic E-state index is -0.135. The molecule has 0 saturated carbocycles. The van der Waals surface area contributed by atoms with Crippen LogP contribution in [0, 0.1) is 5.92 Å². The predicted molar refractivity (Wildman–Crippen MR) is 89.8 cm³/mol. The van der Waals surface area contributed by atoms with Gasteiger partial charge in [0, 0.05) is 0 Å². The Morgan fingerprint density at radius 1 is 0.955 bits per heavy atom. The van der Waals surface area contributed by atoms with Crippen LogP contribution in [0.2, 0.25) is 0 Å². The van der Waals surface area contributed by atoms with Crippen LogP contribution in [-0.2, 0) is 28.8 Å². The molecule has 2 aromatic carbocycles. The second-order valence-corrected chi connectivity index (χ2v) is 5.68. The number of carbonyl (C=O) groups excluding carboxylic acids is 1. The molecule has 22 heavy (non-hydrogen) atoms. The van der Waals surface area contributed by atoms with E-state index in [0.717, 1.165) is 19.3 Å². The summed E-state index contributed by atoms with van der Waals surface area (Å²) in [7, 11) is 1.47. The number of rotatable bonds is 7. The van der Waals surface area contributed by atoms with Crippen molar-refractivity contribution >= 4 is 5.97 Å². The zero-order chi connectivity index (χ0) is 15.8. The fraction of sp³-hybridized carbons (Fsp3) is 0.350. The summed E-state index contributed by atoms with van der Waals surface area (Å²) in [5.74, 6) is -0.269. The lowest BCUT2D eigenvalue weighted by Crippen LogP contribution is -2.21. The number of benzene rings is 2. The first-order valence-corrected chi connectivity index (χ1v) is 7.92. The van der Waals surface area contributed by atoms with Gasteiger partial charge in [0.05, 0.1) is 13.0 Å². The summed E-state index contributed by atoms with van der Waals surface area (Å²) < 4.78 is 5.00. The average molecular weight is 296 g/mol. The molecule has 0 N–H and O–H groups in total. The van der Waals surface area contributed by atoms with Crippen LogP contribution in [0.4, 0.5) is 0 Å². The zero-order valence-corrected chi connectivity index (χ0v) is 13.4. The maximum atomic E-state index is 12.1. The molecule has 0 heterocycles. The lowest BCUT2D eigenvalue weighted by molar-refractivity contribution is -0.145. The Bertz CT molecular complexity index is 590. The Kier molecular flexibility index (Phi) is 6.20. The molecule has 0 saturated heterocycles. The van der Waals surface area contributed by atoms with Gasteiger partial charge in [-0.15, -0.1) is 0 Å². The first-order valence-electron chi connectivity index (χ1n) is 7.92. The molecule has 0 aromatic heterocycles. The van der Waals surface area contributed by atoms with Gasteiger partial charge in [-0.2, -0.15) is 0 Å². The van der Waals surface area contributed by atoms with E-state index in [9.17, 15) is 4.79 Å². The molecule has 2 rings (SSSR count). The Morgan fingerprint density at radius 2 is 1.59 bits per heavy atom. The van der Waals surface area contributed by atoms with Crippen LogP contribution >= 0.6 is 0 Å². The lowest BCUT2D eigenvalue weighted by atomic mass is 9.91. The number of hydrogen-bond acceptors (Lipinski definition) is 2. The molecule has 2 nitrogen and oxygen atoms in total. The topological polar surface area (TPSA) is 26.3 Å². The van der Waals surface area contributed by atoms with Crippen LogP contribution in [0.25, 0.3) is 0 Å². The highest BCUT2D eigenvalue weighted by Crippen LogP contribution is 2.18. The van der Waals surface area contributed by atoms with Crippen LogP contribution in [0.3, 0.4) is 0 Å². The van der Waals surface area contributed by atoms with Crippen LogP contribution in [0.15, 0.2) is 54.6 Å². The number of hydrogen-bond donors (Lipinski definition) is 0. The number of methoxy groups -OCH3 is 1. The first kappa shape index (κ1) is 16.3. The summed E-state index contributed by atoms with van der Waals surface area (Å²) in [6, 6.07) is 18.7. The third-order valence-electron chi connectivity index (χ3n) is 3.87. The summed E-state index contributed by atoms with van der Waals surface area (Å²) >= 11 is 0. The summed E-state index contributed by atoms with van der Waals surface area (Å²) in [4.78, 5) is 12.1. The van der Waals surface area contributed by atoms with Crippen molar-refractivity contribution in [1.29, 1.82) is 0 Å². The van der Waals surface area contributed by atoms with E-state index in [-0.39, 0.29) is 11.9 Å². The summed E-state index contributed by atoms with van der Waals surface area (Å²) in [5.41, 5.74) is 3.71. The van der Waals surface area contributed by atoms with E-state index in [0.29, 0.717) is 6.42 Å². The van der Waals surface area contributed by atoms with Gasteiger partial charge < -0.3 is 4.74 Å². The van der Waals surface area contributed by atoms with E-state index in [1.165, 1.54) is 23.8 Å². The molecule has 2 heteroatoms. The zero-order valence-electron chi connectivity index (χ0n) is 13.4. The van der Waals surface area contributed by atoms with Gasteiger partial charge in [0.1, 0.15) is 0 Å². The molecule has 0 fully saturated rings. The van der Waals surface area contributed by atoms with Crippen molar-refractivity contribution in [2.75, 3.05) is 7.11 Å². The first-order chi connectivity index (χ1) is 10.7. The quantitative estimate of drug-likeness (QED) is 0.715. The minimum absolute atomic E-state index is 0.134. The van der Waals surface area contributed by atoms with E-state index in [1.807, 2.05) is 18.2 Å². The van der Waals surface area contributed by atoms with Gasteiger partial charge in [-0.1, -0.05) is 67.9 Å². The SMILES string of the molecule is CCCc1cccc(CC(Cc2ccccc2)C(=O)OC)c1. The molecule has 0 bridgehead atoms. The lowest BCUT2D eigenvalue weighted by Gasteiger charge is -2.15. The summed E-state index contributed by atoms with van der Waals surface area (Å²) in [6.45, 7) is 2.18. The molecular weight excluding hydrogens is 272 g/mol. The monoisotopic (exact) mass is 296 g/mol. The number of aryl methyl sites for hydroxylation is 1. The van der Waals surface area contributed by atoms with Gasteiger partial charge in [0.25, 0.3) is 0 Å². The fourth-order valence-corrected chi connectivity index (χ4v) is 2.79. The molecule has 116 valence electrons. The largest absolute Gasteiger partial charge is 0.469 e. The van der Waals surface area contributed by atoms with Crippen molar-refractivity contribution in [3.05, 3.63) is 71.3 Å². The predicted octanol–water partition coefficient (Wildman–Crippen LogP) is 4.21. The maximum Gasteiger partial charge on any atom is 0.309 e. The number of ether oxygens (including phenoxy) is 1. The molecule has 0 spiro atoms. The summed E-state index contributed by atoms with van der Waals surface area (Å²) in [5, 5.41) is 0. The van der Waals surface area contributed by atoms with Crippen LogP contribution in [0.5, 0.6) is 0 Å². The van der Waals surface area contributed by atoms with Crippen LogP contribution < -0.4 is 0 Å². The molecule has 0 radical (unpaired) electrons. The van der Waals surface area contributed by atoms with E-state index >= 15 is 0 Å². The molecule has 2 aromatic rings. The Balaban J connectivity index is 2.12. The van der Waals surface area contributed by atoms with Crippen molar-refractivity contribution in [3.63, 3.8) is 0 Å². The summed E-state index contributed by atoms with van der Waals surface area (Å²) in [6.07, 6.45) is 3.65. The molecule has 0 aliphatic heterocycles. The Labute approximate surface area is 133 Å². The maximum absolute atomic E-state index is 12.1. The van der Waals surface area contributed by atoms with Gasteiger partial charge in [-0.05, 0) is 36.0 Å². The van der Waals surface area contributed by atoms with E-state index in [4.69, 9.17) is 4.74 Å². The van der Waals surface area contributed by atoms with Gasteiger partial charge in [-0.3, -0.25) is 4.79 Å². The van der Waals surface area contributed by atoms with Gasteiger partial charge in [-0.25, -0.2) is 0 Å². The van der Waals surface area contributed by atoms with Crippen molar-refractivity contribution in [2.24, 2.45) is 5.92 Å². The Hall–Kier alpha value is -2.09. The normalized spacial score (nSPS) is 11.9. The fourth-order valence-electron chi connectivity index (χ4n) is 2.79. The van der Waals surface area contributed by atoms with Gasteiger partial charge in [0.2, 0.25) is 0 Å². The Morgan fingerprint density at radius 3 is 2.27 bits per heavy atom. The number of carbonyl (C=O) groups is 1. The second-order valence-electron chi connectivity index (χ2n) is 5.68. The van der Waals surface area contributed by atoms with Crippen molar-refractivity contribution in [1.82, 2.24) is 0 Å². The molecule has 0 aliphatic rings. The molecular formula is C20H24O2. The highest BCUT2D eigenvalue weighted by atomic mass is 16.5. The van der Waals surface area contributed by atoms with Crippen molar-refractivity contribution < 1.29 is 9.53 Å². The van der Waals surface area contributed by atoms with Gasteiger partial charge >= 0.3 is 5.97 Å². The third-order valence-corrected chi connectivity index (χ3v) is 3.87. The average Bonchev–Trinajstić information content (AvgIpc) is 2.55. The van der Waals surface area contributed by atoms with E-state index < -0.39 is 0 Å². The van der Waals surface area contributed by atoms with Crippen LogP contribution in [0.1, 0.15) is 30.0 Å². The molecule has 0 amide bonds. The number of esters is 1. The van der Waals surface area contributed by atoms with E-state index in [2.05, 4.69) is 43.3 Å². The molecule has 1 unspecified atom stereocenters. The molecule has 1 atom stereocenters. The smallest absolute Gasteiger partial charge is 0.309 e. The van der Waals surface area contributed by atoms with Gasteiger partial charge in [0.15, 0.2) is 0 Å². The van der Waals surface area contributed by atoms with Crippen molar-refractivity contribution in [2.45, 2.75) is 32.6 Å².